The zero-order valence-corrected chi connectivity index (χ0v) is 15.3. The van der Waals surface area contributed by atoms with Crippen LogP contribution in [0, 0.1) is 10.1 Å². The van der Waals surface area contributed by atoms with E-state index in [9.17, 15) is 10.1 Å². The van der Waals surface area contributed by atoms with Gasteiger partial charge in [-0.05, 0) is 31.7 Å². The molecule has 1 heterocycles. The number of nitro groups is 1. The number of hydrogen-bond donors (Lipinski definition) is 2. The summed E-state index contributed by atoms with van der Waals surface area (Å²) in [4.78, 5) is 14.8. The van der Waals surface area contributed by atoms with Crippen LogP contribution >= 0.6 is 0 Å². The first-order valence-corrected chi connectivity index (χ1v) is 9.14. The highest BCUT2D eigenvalue weighted by atomic mass is 16.6. The maximum absolute atomic E-state index is 10.7. The summed E-state index contributed by atoms with van der Waals surface area (Å²) in [5.74, 6) is 0.727. The molecule has 1 aromatic rings. The van der Waals surface area contributed by atoms with E-state index in [4.69, 9.17) is 9.47 Å². The minimum absolute atomic E-state index is 0.0887. The zero-order chi connectivity index (χ0) is 18.6. The lowest BCUT2D eigenvalue weighted by Crippen LogP contribution is -2.38. The minimum Gasteiger partial charge on any atom is -0.379 e. The summed E-state index contributed by atoms with van der Waals surface area (Å²) in [6.45, 7) is 6.21. The number of ether oxygens (including phenoxy) is 2. The predicted molar refractivity (Wildman–Crippen MR) is 100 cm³/mol. The van der Waals surface area contributed by atoms with Crippen molar-refractivity contribution >= 4 is 11.6 Å². The number of nitro benzene ring substituents is 1. The number of rotatable bonds is 10. The topological polar surface area (TPSA) is 98.0 Å². The van der Waals surface area contributed by atoms with Crippen molar-refractivity contribution in [3.8, 4) is 0 Å². The lowest BCUT2D eigenvalue weighted by molar-refractivity contribution is -0.384. The van der Waals surface area contributed by atoms with Crippen molar-refractivity contribution in [2.45, 2.75) is 38.8 Å². The van der Waals surface area contributed by atoms with Gasteiger partial charge < -0.3 is 20.1 Å². The van der Waals surface area contributed by atoms with Gasteiger partial charge in [0.05, 0.1) is 24.2 Å². The highest BCUT2D eigenvalue weighted by Gasteiger charge is 2.14. The molecule has 2 rings (SSSR count). The van der Waals surface area contributed by atoms with Crippen molar-refractivity contribution in [2.75, 3.05) is 32.9 Å². The lowest BCUT2D eigenvalue weighted by atomic mass is 10.2. The second-order valence-corrected chi connectivity index (χ2v) is 6.11. The Morgan fingerprint density at radius 3 is 2.85 bits per heavy atom. The van der Waals surface area contributed by atoms with Crippen LogP contribution in [-0.4, -0.2) is 49.9 Å². The average molecular weight is 364 g/mol. The molecule has 0 saturated carbocycles. The minimum atomic E-state index is -0.403. The third kappa shape index (κ3) is 7.37. The number of hydrogen-bond acceptors (Lipinski definition) is 5. The second-order valence-electron chi connectivity index (χ2n) is 6.11. The van der Waals surface area contributed by atoms with Gasteiger partial charge in [-0.2, -0.15) is 0 Å². The summed E-state index contributed by atoms with van der Waals surface area (Å²) < 4.78 is 11.2. The van der Waals surface area contributed by atoms with Crippen molar-refractivity contribution in [2.24, 2.45) is 4.99 Å². The van der Waals surface area contributed by atoms with Crippen molar-refractivity contribution in [3.63, 3.8) is 0 Å². The van der Waals surface area contributed by atoms with Crippen LogP contribution in [-0.2, 0) is 16.0 Å². The van der Waals surface area contributed by atoms with Crippen molar-refractivity contribution in [1.29, 1.82) is 0 Å². The van der Waals surface area contributed by atoms with Crippen LogP contribution < -0.4 is 10.6 Å². The van der Waals surface area contributed by atoms with Gasteiger partial charge in [-0.3, -0.25) is 10.1 Å². The third-order valence-corrected chi connectivity index (χ3v) is 4.00. The number of nitrogens with one attached hydrogen (secondary N) is 2. The third-order valence-electron chi connectivity index (χ3n) is 4.00. The fourth-order valence-corrected chi connectivity index (χ4v) is 2.61. The Balaban J connectivity index is 1.67. The van der Waals surface area contributed by atoms with E-state index < -0.39 is 4.92 Å². The molecule has 0 spiro atoms. The summed E-state index contributed by atoms with van der Waals surface area (Å²) >= 11 is 0. The van der Waals surface area contributed by atoms with Gasteiger partial charge >= 0.3 is 0 Å². The molecule has 144 valence electrons. The Kier molecular flexibility index (Phi) is 8.85. The van der Waals surface area contributed by atoms with Crippen LogP contribution in [0.4, 0.5) is 5.69 Å². The Morgan fingerprint density at radius 1 is 1.38 bits per heavy atom. The van der Waals surface area contributed by atoms with Crippen LogP contribution in [0.3, 0.4) is 0 Å². The van der Waals surface area contributed by atoms with Crippen LogP contribution in [0.1, 0.15) is 31.7 Å². The summed E-state index contributed by atoms with van der Waals surface area (Å²) in [5, 5.41) is 17.1. The molecule has 1 aliphatic heterocycles. The van der Waals surface area contributed by atoms with Gasteiger partial charge in [0.1, 0.15) is 0 Å². The van der Waals surface area contributed by atoms with Crippen LogP contribution in [0.5, 0.6) is 0 Å². The standard InChI is InChI=1S/C18H28N4O4/c1-2-19-18(20-10-4-11-25-14-17-5-3-12-26-17)21-13-15-6-8-16(9-7-15)22(23)24/h6-9,17H,2-5,10-14H2,1H3,(H2,19,20,21). The Labute approximate surface area is 154 Å². The lowest BCUT2D eigenvalue weighted by Gasteiger charge is -2.12. The van der Waals surface area contributed by atoms with Crippen molar-refractivity contribution in [3.05, 3.63) is 39.9 Å². The first kappa shape index (κ1) is 20.1. The molecule has 1 unspecified atom stereocenters. The van der Waals surface area contributed by atoms with E-state index in [1.165, 1.54) is 12.1 Å². The number of non-ortho nitro benzene ring substituents is 1. The fraction of sp³-hybridized carbons (Fsp3) is 0.611. The van der Waals surface area contributed by atoms with E-state index in [0.29, 0.717) is 19.8 Å². The molecule has 1 saturated heterocycles. The smallest absolute Gasteiger partial charge is 0.269 e. The van der Waals surface area contributed by atoms with E-state index in [1.54, 1.807) is 12.1 Å². The molecule has 0 bridgehead atoms. The molecule has 26 heavy (non-hydrogen) atoms. The second kappa shape index (κ2) is 11.4. The maximum atomic E-state index is 10.7. The highest BCUT2D eigenvalue weighted by molar-refractivity contribution is 5.79. The molecule has 1 atom stereocenters. The quantitative estimate of drug-likeness (QED) is 0.217. The van der Waals surface area contributed by atoms with Crippen molar-refractivity contribution in [1.82, 2.24) is 10.6 Å². The molecule has 0 aliphatic carbocycles. The molecule has 0 radical (unpaired) electrons. The molecule has 0 amide bonds. The van der Waals surface area contributed by atoms with Gasteiger partial charge in [-0.15, -0.1) is 0 Å². The average Bonchev–Trinajstić information content (AvgIpc) is 3.16. The number of aliphatic imine (C=N–C) groups is 1. The van der Waals surface area contributed by atoms with Gasteiger partial charge in [0.2, 0.25) is 0 Å². The summed E-state index contributed by atoms with van der Waals surface area (Å²) in [5.41, 5.74) is 1.01. The summed E-state index contributed by atoms with van der Waals surface area (Å²) in [6.07, 6.45) is 3.38. The van der Waals surface area contributed by atoms with Gasteiger partial charge in [-0.1, -0.05) is 12.1 Å². The fourth-order valence-electron chi connectivity index (χ4n) is 2.61. The van der Waals surface area contributed by atoms with E-state index in [-0.39, 0.29) is 11.8 Å². The molecule has 1 fully saturated rings. The zero-order valence-electron chi connectivity index (χ0n) is 15.3. The Morgan fingerprint density at radius 2 is 2.19 bits per heavy atom. The van der Waals surface area contributed by atoms with Gasteiger partial charge in [-0.25, -0.2) is 4.99 Å². The van der Waals surface area contributed by atoms with E-state index in [0.717, 1.165) is 50.5 Å². The Bertz CT molecular complexity index is 571. The molecule has 1 aliphatic rings. The van der Waals surface area contributed by atoms with Gasteiger partial charge in [0, 0.05) is 38.4 Å². The van der Waals surface area contributed by atoms with Gasteiger partial charge in [0.15, 0.2) is 5.96 Å². The normalized spacial score (nSPS) is 17.3. The SMILES string of the molecule is CCNC(=NCc1ccc([N+](=O)[O-])cc1)NCCCOCC1CCCO1. The summed E-state index contributed by atoms with van der Waals surface area (Å²) in [6, 6.07) is 6.45. The molecule has 2 N–H and O–H groups in total. The monoisotopic (exact) mass is 364 g/mol. The van der Waals surface area contributed by atoms with E-state index in [1.807, 2.05) is 6.92 Å². The number of guanidine groups is 1. The molecular formula is C18H28N4O4. The molecular weight excluding hydrogens is 336 g/mol. The molecule has 8 nitrogen and oxygen atoms in total. The maximum Gasteiger partial charge on any atom is 0.269 e. The number of nitrogens with zero attached hydrogens (tertiary/aromatic N) is 2. The first-order chi connectivity index (χ1) is 12.7. The van der Waals surface area contributed by atoms with Crippen LogP contribution in [0.15, 0.2) is 29.3 Å². The van der Waals surface area contributed by atoms with Crippen LogP contribution in [0.2, 0.25) is 0 Å². The Hall–Kier alpha value is -2.19. The molecule has 0 aromatic heterocycles. The number of benzene rings is 1. The van der Waals surface area contributed by atoms with Crippen LogP contribution in [0.25, 0.3) is 0 Å². The van der Waals surface area contributed by atoms with Gasteiger partial charge in [0.25, 0.3) is 5.69 Å². The largest absolute Gasteiger partial charge is 0.379 e. The predicted octanol–water partition coefficient (Wildman–Crippen LogP) is 2.24. The summed E-state index contributed by atoms with van der Waals surface area (Å²) in [7, 11) is 0. The molecule has 1 aromatic carbocycles. The van der Waals surface area contributed by atoms with E-state index in [2.05, 4.69) is 15.6 Å². The van der Waals surface area contributed by atoms with Crippen molar-refractivity contribution < 1.29 is 14.4 Å². The molecule has 8 heteroatoms. The first-order valence-electron chi connectivity index (χ1n) is 9.14. The highest BCUT2D eigenvalue weighted by Crippen LogP contribution is 2.13. The van der Waals surface area contributed by atoms with E-state index >= 15 is 0 Å².